The summed E-state index contributed by atoms with van der Waals surface area (Å²) in [6, 6.07) is 12.3. The summed E-state index contributed by atoms with van der Waals surface area (Å²) in [6.45, 7) is 2.50. The van der Waals surface area contributed by atoms with Crippen molar-refractivity contribution in [2.45, 2.75) is 64.1 Å². The van der Waals surface area contributed by atoms with Gasteiger partial charge in [-0.15, -0.1) is 11.3 Å². The molecule has 11 heteroatoms. The number of thiazole rings is 1. The van der Waals surface area contributed by atoms with Gasteiger partial charge in [0.2, 0.25) is 11.9 Å². The van der Waals surface area contributed by atoms with Gasteiger partial charge in [0.15, 0.2) is 17.0 Å². The van der Waals surface area contributed by atoms with Crippen LogP contribution in [0.15, 0.2) is 53.9 Å². The number of fused-ring (bicyclic) bond motifs is 1. The average Bonchev–Trinajstić information content (AvgIpc) is 3.54. The largest absolute Gasteiger partial charge is 0.366 e. The van der Waals surface area contributed by atoms with Gasteiger partial charge >= 0.3 is 0 Å². The molecule has 5 rings (SSSR count). The number of Topliss-reactive ketones (excluding diaryl/α,β-unsaturated/α-hetero) is 1. The normalized spacial score (nSPS) is 15.4. The molecule has 1 aliphatic rings. The van der Waals surface area contributed by atoms with Gasteiger partial charge in [0.1, 0.15) is 0 Å². The molecule has 1 fully saturated rings. The summed E-state index contributed by atoms with van der Waals surface area (Å²) in [5.74, 6) is -0.850. The van der Waals surface area contributed by atoms with Crippen LogP contribution in [0.4, 0.5) is 11.1 Å². The predicted octanol–water partition coefficient (Wildman–Crippen LogP) is 4.04. The van der Waals surface area contributed by atoms with Crippen LogP contribution in [0.2, 0.25) is 0 Å². The fourth-order valence-electron chi connectivity index (χ4n) is 5.37. The van der Waals surface area contributed by atoms with Crippen LogP contribution in [0.3, 0.4) is 0 Å². The fourth-order valence-corrected chi connectivity index (χ4v) is 6.08. The molecule has 0 radical (unpaired) electrons. The number of imidazole rings is 1. The number of nitrogens with one attached hydrogen (secondary N) is 2. The molecule has 2 heterocycles. The molecule has 1 saturated carbocycles. The second-order valence-electron chi connectivity index (χ2n) is 10.7. The summed E-state index contributed by atoms with van der Waals surface area (Å²) in [7, 11) is 0. The summed E-state index contributed by atoms with van der Waals surface area (Å²) < 4.78 is 1.97. The number of amides is 2. The number of carbonyl (C=O) groups is 3. The van der Waals surface area contributed by atoms with E-state index in [1.54, 1.807) is 18.2 Å². The van der Waals surface area contributed by atoms with Crippen molar-refractivity contribution in [3.63, 3.8) is 0 Å². The number of primary amides is 1. The Morgan fingerprint density at radius 3 is 2.51 bits per heavy atom. The lowest BCUT2D eigenvalue weighted by atomic mass is 9.89. The molecule has 0 bridgehead atoms. The summed E-state index contributed by atoms with van der Waals surface area (Å²) >= 11 is 1.31. The summed E-state index contributed by atoms with van der Waals surface area (Å²) in [5.41, 5.74) is 15.2. The SMILES string of the molecule is Cc1csc(N[C@H](C(=O)Nc2nc3cc(C(N)=O)ccc3n2CC2CCCCC2)C(=O)[C@@H](N)Cc2ccccc2)n1. The fraction of sp³-hybridized carbons (Fsp3) is 0.367. The minimum absolute atomic E-state index is 0.290. The number of ketones is 1. The maximum absolute atomic E-state index is 13.8. The van der Waals surface area contributed by atoms with E-state index in [2.05, 4.69) is 20.6 Å². The molecule has 41 heavy (non-hydrogen) atoms. The highest BCUT2D eigenvalue weighted by Crippen LogP contribution is 2.29. The van der Waals surface area contributed by atoms with Crippen molar-refractivity contribution >= 4 is 51.0 Å². The smallest absolute Gasteiger partial charge is 0.257 e. The summed E-state index contributed by atoms with van der Waals surface area (Å²) in [6.07, 6.45) is 6.02. The first-order chi connectivity index (χ1) is 19.8. The van der Waals surface area contributed by atoms with Crippen LogP contribution in [0.25, 0.3) is 11.0 Å². The topological polar surface area (TPSA) is 158 Å². The molecule has 10 nitrogen and oxygen atoms in total. The van der Waals surface area contributed by atoms with E-state index in [0.29, 0.717) is 34.6 Å². The maximum atomic E-state index is 13.8. The quantitative estimate of drug-likeness (QED) is 0.197. The van der Waals surface area contributed by atoms with Gasteiger partial charge in [0, 0.05) is 17.5 Å². The molecule has 2 amide bonds. The highest BCUT2D eigenvalue weighted by molar-refractivity contribution is 7.13. The molecule has 0 spiro atoms. The zero-order valence-corrected chi connectivity index (χ0v) is 23.8. The molecule has 6 N–H and O–H groups in total. The second kappa shape index (κ2) is 12.6. The van der Waals surface area contributed by atoms with Crippen LogP contribution in [0, 0.1) is 12.8 Å². The molecule has 214 valence electrons. The number of aromatic nitrogens is 3. The monoisotopic (exact) mass is 573 g/mol. The van der Waals surface area contributed by atoms with Gasteiger partial charge in [-0.2, -0.15) is 0 Å². The number of aryl methyl sites for hydroxylation is 1. The number of benzene rings is 2. The summed E-state index contributed by atoms with van der Waals surface area (Å²) in [4.78, 5) is 48.3. The van der Waals surface area contributed by atoms with E-state index in [1.807, 2.05) is 47.2 Å². The number of anilines is 2. The van der Waals surface area contributed by atoms with Crippen molar-refractivity contribution in [3.8, 4) is 0 Å². The van der Waals surface area contributed by atoms with Crippen LogP contribution in [-0.2, 0) is 22.6 Å². The molecular formula is C30H35N7O3S. The van der Waals surface area contributed by atoms with Crippen LogP contribution in [0.1, 0.15) is 53.7 Å². The van der Waals surface area contributed by atoms with E-state index in [1.165, 1.54) is 17.8 Å². The predicted molar refractivity (Wildman–Crippen MR) is 161 cm³/mol. The Hall–Kier alpha value is -4.09. The van der Waals surface area contributed by atoms with Gasteiger partial charge in [-0.3, -0.25) is 19.7 Å². The van der Waals surface area contributed by atoms with Crippen molar-refractivity contribution in [1.29, 1.82) is 0 Å². The minimum Gasteiger partial charge on any atom is -0.366 e. The number of carbonyl (C=O) groups excluding carboxylic acids is 3. The highest BCUT2D eigenvalue weighted by Gasteiger charge is 2.33. The zero-order chi connectivity index (χ0) is 28.9. The standard InChI is InChI=1S/C30H35N7O3S/c1-18-17-41-30(33-18)35-25(26(38)22(31)14-19-8-4-2-5-9-19)28(40)36-29-34-23-15-21(27(32)39)12-13-24(23)37(29)16-20-10-6-3-7-11-20/h2,4-5,8-9,12-13,15,17,20,22,25H,3,6-7,10-11,14,16,31H2,1H3,(H2,32,39)(H,33,35)(H,34,36,40)/t22-,25-/m0/s1. The van der Waals surface area contributed by atoms with Gasteiger partial charge in [0.25, 0.3) is 5.91 Å². The molecular weight excluding hydrogens is 538 g/mol. The minimum atomic E-state index is -1.29. The van der Waals surface area contributed by atoms with Crippen LogP contribution < -0.4 is 22.1 Å². The Morgan fingerprint density at radius 2 is 1.83 bits per heavy atom. The molecule has 0 unspecified atom stereocenters. The Balaban J connectivity index is 1.45. The van der Waals surface area contributed by atoms with E-state index >= 15 is 0 Å². The van der Waals surface area contributed by atoms with Gasteiger partial charge in [0.05, 0.1) is 22.8 Å². The molecule has 2 aromatic carbocycles. The molecule has 4 aromatic rings. The van der Waals surface area contributed by atoms with Gasteiger partial charge in [-0.1, -0.05) is 49.6 Å². The lowest BCUT2D eigenvalue weighted by molar-refractivity contribution is -0.127. The van der Waals surface area contributed by atoms with Gasteiger partial charge in [-0.05, 0) is 55.9 Å². The first-order valence-corrected chi connectivity index (χ1v) is 14.8. The van der Waals surface area contributed by atoms with Crippen LogP contribution in [0.5, 0.6) is 0 Å². The van der Waals surface area contributed by atoms with Crippen molar-refractivity contribution < 1.29 is 14.4 Å². The number of nitrogens with two attached hydrogens (primary N) is 2. The maximum Gasteiger partial charge on any atom is 0.257 e. The third-order valence-electron chi connectivity index (χ3n) is 7.53. The lowest BCUT2D eigenvalue weighted by Gasteiger charge is -2.24. The molecule has 0 aliphatic heterocycles. The van der Waals surface area contributed by atoms with E-state index in [4.69, 9.17) is 11.5 Å². The molecule has 0 saturated heterocycles. The molecule has 2 aromatic heterocycles. The Labute approximate surface area is 242 Å². The van der Waals surface area contributed by atoms with Crippen molar-refractivity contribution in [2.75, 3.05) is 10.6 Å². The lowest BCUT2D eigenvalue weighted by Crippen LogP contribution is -2.50. The van der Waals surface area contributed by atoms with Gasteiger partial charge in [-0.25, -0.2) is 9.97 Å². The Morgan fingerprint density at radius 1 is 1.07 bits per heavy atom. The van der Waals surface area contributed by atoms with E-state index in [0.717, 1.165) is 42.5 Å². The second-order valence-corrected chi connectivity index (χ2v) is 11.5. The third-order valence-corrected chi connectivity index (χ3v) is 8.42. The van der Waals surface area contributed by atoms with E-state index in [9.17, 15) is 14.4 Å². The first kappa shape index (κ1) is 28.4. The summed E-state index contributed by atoms with van der Waals surface area (Å²) in [5, 5.41) is 8.20. The number of nitrogens with zero attached hydrogens (tertiary/aromatic N) is 3. The van der Waals surface area contributed by atoms with Crippen LogP contribution >= 0.6 is 11.3 Å². The Bertz CT molecular complexity index is 1540. The number of rotatable bonds is 11. The molecule has 1 aliphatic carbocycles. The van der Waals surface area contributed by atoms with E-state index in [-0.39, 0.29) is 6.42 Å². The van der Waals surface area contributed by atoms with Crippen molar-refractivity contribution in [2.24, 2.45) is 17.4 Å². The van der Waals surface area contributed by atoms with Crippen LogP contribution in [-0.4, -0.2) is 44.2 Å². The average molecular weight is 574 g/mol. The number of hydrogen-bond acceptors (Lipinski definition) is 8. The van der Waals surface area contributed by atoms with Crippen molar-refractivity contribution in [3.05, 3.63) is 70.7 Å². The highest BCUT2D eigenvalue weighted by atomic mass is 32.1. The molecule has 2 atom stereocenters. The zero-order valence-electron chi connectivity index (χ0n) is 23.0. The Kier molecular flexibility index (Phi) is 8.75. The van der Waals surface area contributed by atoms with E-state index < -0.39 is 29.7 Å². The number of hydrogen-bond donors (Lipinski definition) is 4. The first-order valence-electron chi connectivity index (χ1n) is 13.9. The van der Waals surface area contributed by atoms with Crippen molar-refractivity contribution in [1.82, 2.24) is 14.5 Å². The van der Waals surface area contributed by atoms with Gasteiger partial charge < -0.3 is 21.4 Å². The third kappa shape index (κ3) is 6.80.